The van der Waals surface area contributed by atoms with Gasteiger partial charge in [0.15, 0.2) is 0 Å². The summed E-state index contributed by atoms with van der Waals surface area (Å²) in [7, 11) is 0. The molecular weight excluding hydrogens is 381 g/mol. The zero-order valence-corrected chi connectivity index (χ0v) is 18.2. The lowest BCUT2D eigenvalue weighted by molar-refractivity contribution is 0.0239. The Kier molecular flexibility index (Phi) is 5.16. The molecule has 0 radical (unpaired) electrons. The third-order valence-electron chi connectivity index (χ3n) is 7.90. The molecule has 0 aromatic heterocycles. The van der Waals surface area contributed by atoms with Crippen LogP contribution in [0.5, 0.6) is 0 Å². The number of nitrogens with zero attached hydrogens (tertiary/aromatic N) is 2. The van der Waals surface area contributed by atoms with E-state index in [1.54, 1.807) is 12.1 Å². The first-order valence-electron chi connectivity index (χ1n) is 11.7. The molecule has 3 saturated heterocycles. The number of nitrogens with one attached hydrogen (secondary N) is 1. The minimum Gasteiger partial charge on any atom is -0.449 e. The molecule has 30 heavy (non-hydrogen) atoms. The Morgan fingerprint density at radius 3 is 2.57 bits per heavy atom. The number of piperidine rings is 2. The van der Waals surface area contributed by atoms with Crippen LogP contribution < -0.4 is 5.32 Å². The summed E-state index contributed by atoms with van der Waals surface area (Å²) in [5.41, 5.74) is 2.36. The quantitative estimate of drug-likeness (QED) is 0.796. The predicted octanol–water partition coefficient (Wildman–Crippen LogP) is 4.37. The van der Waals surface area contributed by atoms with E-state index in [0.717, 1.165) is 63.8 Å². The molecule has 4 aliphatic rings. The Labute approximate surface area is 178 Å². The summed E-state index contributed by atoms with van der Waals surface area (Å²) in [4.78, 5) is 17.3. The maximum Gasteiger partial charge on any atom is 0.410 e. The highest BCUT2D eigenvalue weighted by atomic mass is 19.1. The third-order valence-corrected chi connectivity index (χ3v) is 7.90. The van der Waals surface area contributed by atoms with E-state index in [1.807, 2.05) is 11.0 Å². The van der Waals surface area contributed by atoms with Crippen molar-refractivity contribution >= 4 is 11.8 Å². The number of amides is 1. The SMILES string of the molecule is CC(C)COC(=O)N1C2CCC1CC(N1CCC3(CC1)CNc1ccc(F)cc13)C2. The number of ether oxygens (including phenoxy) is 1. The number of anilines is 1. The molecule has 1 spiro atoms. The largest absolute Gasteiger partial charge is 0.449 e. The molecule has 0 aliphatic carbocycles. The Balaban J connectivity index is 1.21. The summed E-state index contributed by atoms with van der Waals surface area (Å²) in [5.74, 6) is 0.237. The predicted molar refractivity (Wildman–Crippen MR) is 115 cm³/mol. The van der Waals surface area contributed by atoms with Gasteiger partial charge in [-0.2, -0.15) is 0 Å². The lowest BCUT2D eigenvalue weighted by Crippen LogP contribution is -2.55. The Bertz CT molecular complexity index is 792. The van der Waals surface area contributed by atoms with E-state index in [4.69, 9.17) is 4.74 Å². The van der Waals surface area contributed by atoms with Crippen molar-refractivity contribution in [3.8, 4) is 0 Å². The first-order chi connectivity index (χ1) is 14.4. The van der Waals surface area contributed by atoms with Gasteiger partial charge >= 0.3 is 6.09 Å². The van der Waals surface area contributed by atoms with E-state index >= 15 is 0 Å². The summed E-state index contributed by atoms with van der Waals surface area (Å²) in [6, 6.07) is 6.38. The van der Waals surface area contributed by atoms with Gasteiger partial charge in [0.25, 0.3) is 0 Å². The summed E-state index contributed by atoms with van der Waals surface area (Å²) >= 11 is 0. The van der Waals surface area contributed by atoms with Gasteiger partial charge in [-0.15, -0.1) is 0 Å². The van der Waals surface area contributed by atoms with Crippen LogP contribution in [0.3, 0.4) is 0 Å². The Hall–Kier alpha value is -1.82. The van der Waals surface area contributed by atoms with E-state index in [2.05, 4.69) is 24.1 Å². The molecule has 5 rings (SSSR count). The number of carbonyl (C=O) groups is 1. The van der Waals surface area contributed by atoms with Gasteiger partial charge in [-0.3, -0.25) is 0 Å². The van der Waals surface area contributed by atoms with Gasteiger partial charge in [0, 0.05) is 35.8 Å². The van der Waals surface area contributed by atoms with Gasteiger partial charge in [-0.1, -0.05) is 13.8 Å². The molecule has 2 bridgehead atoms. The number of fused-ring (bicyclic) bond motifs is 4. The summed E-state index contributed by atoms with van der Waals surface area (Å²) in [6.45, 7) is 7.68. The van der Waals surface area contributed by atoms with Gasteiger partial charge in [0.1, 0.15) is 5.82 Å². The second-order valence-corrected chi connectivity index (χ2v) is 10.2. The van der Waals surface area contributed by atoms with Crippen molar-refractivity contribution in [2.75, 3.05) is 31.6 Å². The Morgan fingerprint density at radius 2 is 1.90 bits per heavy atom. The number of hydrogen-bond acceptors (Lipinski definition) is 4. The second-order valence-electron chi connectivity index (χ2n) is 10.2. The number of rotatable bonds is 3. The third kappa shape index (κ3) is 3.47. The van der Waals surface area contributed by atoms with Crippen LogP contribution in [0, 0.1) is 11.7 Å². The van der Waals surface area contributed by atoms with Crippen LogP contribution in [0.15, 0.2) is 18.2 Å². The molecular formula is C24H34FN3O2. The molecule has 4 aliphatic heterocycles. The molecule has 3 fully saturated rings. The van der Waals surface area contributed by atoms with Gasteiger partial charge in [-0.05, 0) is 81.3 Å². The molecule has 2 atom stereocenters. The van der Waals surface area contributed by atoms with E-state index in [1.165, 1.54) is 5.56 Å². The zero-order chi connectivity index (χ0) is 20.9. The molecule has 4 heterocycles. The molecule has 1 aromatic rings. The zero-order valence-electron chi connectivity index (χ0n) is 18.2. The van der Waals surface area contributed by atoms with E-state index in [0.29, 0.717) is 30.7 Å². The Morgan fingerprint density at radius 1 is 1.20 bits per heavy atom. The number of likely N-dealkylation sites (tertiary alicyclic amines) is 1. The van der Waals surface area contributed by atoms with Gasteiger partial charge in [0.2, 0.25) is 0 Å². The molecule has 164 valence electrons. The average Bonchev–Trinajstić information content (AvgIpc) is 3.21. The fraction of sp³-hybridized carbons (Fsp3) is 0.708. The number of carbonyl (C=O) groups excluding carboxylic acids is 1. The van der Waals surface area contributed by atoms with E-state index in [-0.39, 0.29) is 17.3 Å². The summed E-state index contributed by atoms with van der Waals surface area (Å²) in [5, 5.41) is 3.50. The molecule has 1 N–H and O–H groups in total. The molecule has 6 heteroatoms. The van der Waals surface area contributed by atoms with Crippen LogP contribution in [-0.4, -0.2) is 60.3 Å². The minimum atomic E-state index is -0.132. The normalized spacial score (nSPS) is 29.9. The van der Waals surface area contributed by atoms with Gasteiger partial charge in [0.05, 0.1) is 6.61 Å². The standard InChI is InChI=1S/C24H34FN3O2/c1-16(2)14-30-23(29)28-18-4-5-19(28)13-20(12-18)27-9-7-24(8-10-27)15-26-22-6-3-17(25)11-21(22)24/h3,6,11,16,18-20,26H,4-5,7-10,12-15H2,1-2H3. The number of halogens is 1. The second kappa shape index (κ2) is 7.70. The first-order valence-corrected chi connectivity index (χ1v) is 11.7. The van der Waals surface area contributed by atoms with Crippen molar-refractivity contribution in [2.24, 2.45) is 5.92 Å². The molecule has 0 saturated carbocycles. The summed E-state index contributed by atoms with van der Waals surface area (Å²) in [6.07, 6.45) is 6.36. The van der Waals surface area contributed by atoms with Gasteiger partial charge < -0.3 is 19.9 Å². The van der Waals surface area contributed by atoms with E-state index < -0.39 is 0 Å². The van der Waals surface area contributed by atoms with Crippen molar-refractivity contribution in [3.63, 3.8) is 0 Å². The summed E-state index contributed by atoms with van der Waals surface area (Å²) < 4.78 is 19.4. The van der Waals surface area contributed by atoms with Crippen LogP contribution in [0.4, 0.5) is 14.9 Å². The highest BCUT2D eigenvalue weighted by Gasteiger charge is 2.48. The van der Waals surface area contributed by atoms with Crippen LogP contribution in [-0.2, 0) is 10.2 Å². The van der Waals surface area contributed by atoms with Crippen LogP contribution in [0.1, 0.15) is 57.9 Å². The minimum absolute atomic E-state index is 0.0776. The first kappa shape index (κ1) is 20.1. The molecule has 2 unspecified atom stereocenters. The lowest BCUT2D eigenvalue weighted by Gasteiger charge is -2.47. The molecule has 1 amide bonds. The fourth-order valence-corrected chi connectivity index (χ4v) is 6.29. The van der Waals surface area contributed by atoms with Crippen molar-refractivity contribution < 1.29 is 13.9 Å². The highest BCUT2D eigenvalue weighted by Crippen LogP contribution is 2.46. The van der Waals surface area contributed by atoms with Crippen LogP contribution in [0.25, 0.3) is 0 Å². The average molecular weight is 416 g/mol. The maximum atomic E-state index is 13.9. The smallest absolute Gasteiger partial charge is 0.410 e. The van der Waals surface area contributed by atoms with Crippen LogP contribution >= 0.6 is 0 Å². The fourth-order valence-electron chi connectivity index (χ4n) is 6.29. The van der Waals surface area contributed by atoms with Crippen LogP contribution in [0.2, 0.25) is 0 Å². The van der Waals surface area contributed by atoms with E-state index in [9.17, 15) is 9.18 Å². The van der Waals surface area contributed by atoms with Crippen molar-refractivity contribution in [3.05, 3.63) is 29.6 Å². The lowest BCUT2D eigenvalue weighted by atomic mass is 9.73. The number of hydrogen-bond donors (Lipinski definition) is 1. The topological polar surface area (TPSA) is 44.8 Å². The number of benzene rings is 1. The molecule has 1 aromatic carbocycles. The maximum absolute atomic E-state index is 13.9. The van der Waals surface area contributed by atoms with Crippen molar-refractivity contribution in [1.82, 2.24) is 9.80 Å². The van der Waals surface area contributed by atoms with Crippen molar-refractivity contribution in [1.29, 1.82) is 0 Å². The van der Waals surface area contributed by atoms with Crippen molar-refractivity contribution in [2.45, 2.75) is 75.9 Å². The van der Waals surface area contributed by atoms with Gasteiger partial charge in [-0.25, -0.2) is 9.18 Å². The monoisotopic (exact) mass is 415 g/mol. The highest BCUT2D eigenvalue weighted by molar-refractivity contribution is 5.69. The molecule has 5 nitrogen and oxygen atoms in total.